The van der Waals surface area contributed by atoms with E-state index in [0.717, 1.165) is 22.8 Å². The second-order valence-corrected chi connectivity index (χ2v) is 21.3. The van der Waals surface area contributed by atoms with Crippen LogP contribution >= 0.6 is 20.2 Å². The van der Waals surface area contributed by atoms with Crippen molar-refractivity contribution in [1.82, 2.24) is 4.57 Å². The van der Waals surface area contributed by atoms with E-state index in [4.69, 9.17) is 29.5 Å². The minimum absolute atomic E-state index is 0.194. The van der Waals surface area contributed by atoms with Gasteiger partial charge in [0, 0.05) is 18.5 Å². The zero-order valence-corrected chi connectivity index (χ0v) is 34.5. The molecule has 0 aliphatic rings. The van der Waals surface area contributed by atoms with E-state index in [1.54, 1.807) is 0 Å². The van der Waals surface area contributed by atoms with Gasteiger partial charge in [-0.2, -0.15) is 0 Å². The van der Waals surface area contributed by atoms with Crippen molar-refractivity contribution in [2.24, 2.45) is 16.4 Å². The van der Waals surface area contributed by atoms with Crippen molar-refractivity contribution in [1.29, 1.82) is 0 Å². The van der Waals surface area contributed by atoms with Gasteiger partial charge in [-0.15, -0.1) is 0 Å². The van der Waals surface area contributed by atoms with E-state index >= 15 is 0 Å². The average molecular weight is 807 g/mol. The van der Waals surface area contributed by atoms with Gasteiger partial charge in [-0.25, -0.2) is 0 Å². The topological polar surface area (TPSA) is 29.6 Å². The summed E-state index contributed by atoms with van der Waals surface area (Å²) in [6.45, 7) is 4.33. The fourth-order valence-corrected chi connectivity index (χ4v) is 15.4. The molecule has 0 aliphatic heterocycles. The quantitative estimate of drug-likeness (QED) is 0.0787. The summed E-state index contributed by atoms with van der Waals surface area (Å²) < 4.78 is 14.0. The molecule has 0 saturated heterocycles. The van der Waals surface area contributed by atoms with Crippen LogP contribution in [-0.2, 0) is 20.2 Å². The van der Waals surface area contributed by atoms with E-state index in [-0.39, 0.29) is 13.1 Å². The Balaban J connectivity index is 0.00000155. The molecule has 0 bridgehead atoms. The number of halogens is 2. The van der Waals surface area contributed by atoms with Crippen LogP contribution in [0, 0.1) is 0 Å². The van der Waals surface area contributed by atoms with Gasteiger partial charge in [0.15, 0.2) is 0 Å². The fraction of sp³-hybridized carbons (Fsp3) is 0.0667. The van der Waals surface area contributed by atoms with E-state index in [9.17, 15) is 0 Å². The third-order valence-electron chi connectivity index (χ3n) is 9.68. The predicted molar refractivity (Wildman–Crippen MR) is 230 cm³/mol. The van der Waals surface area contributed by atoms with Gasteiger partial charge in [-0.3, -0.25) is 0 Å². The molecule has 0 N–H and O–H groups in total. The molecule has 0 amide bonds. The fourth-order valence-electron chi connectivity index (χ4n) is 7.32. The Morgan fingerprint density at radius 1 is 0.396 bits per heavy atom. The molecule has 0 unspecified atom stereocenters. The molecular formula is C45H41Cl2FeN3Si2. The summed E-state index contributed by atoms with van der Waals surface area (Å²) in [7, 11) is 6.02. The molecule has 6 aromatic carbocycles. The number of rotatable bonds is 10. The van der Waals surface area contributed by atoms with E-state index in [2.05, 4.69) is 220 Å². The first-order chi connectivity index (χ1) is 26.0. The van der Waals surface area contributed by atoms with Crippen molar-refractivity contribution < 1.29 is 13.1 Å². The van der Waals surface area contributed by atoms with Crippen molar-refractivity contribution >= 4 is 79.2 Å². The molecule has 7 rings (SSSR count). The first kappa shape index (κ1) is 38.2. The van der Waals surface area contributed by atoms with Gasteiger partial charge in [-0.1, -0.05) is 182 Å². The molecule has 53 heavy (non-hydrogen) atoms. The third kappa shape index (κ3) is 8.04. The third-order valence-corrected chi connectivity index (χ3v) is 18.0. The molecule has 0 spiro atoms. The Morgan fingerprint density at radius 2 is 0.585 bits per heavy atom. The molecule has 3 nitrogen and oxygen atoms in total. The van der Waals surface area contributed by atoms with Crippen LogP contribution in [0.15, 0.2) is 203 Å². The van der Waals surface area contributed by atoms with Crippen molar-refractivity contribution in [3.8, 4) is 0 Å². The van der Waals surface area contributed by atoms with Crippen molar-refractivity contribution in [3.63, 3.8) is 0 Å². The monoisotopic (exact) mass is 805 g/mol. The summed E-state index contributed by atoms with van der Waals surface area (Å²) >= 11 is 0.194. The molecule has 0 atom stereocenters. The van der Waals surface area contributed by atoms with Crippen LogP contribution in [0.25, 0.3) is 0 Å². The summed E-state index contributed by atoms with van der Waals surface area (Å²) in [5, 5.41) is 7.55. The maximum atomic E-state index is 5.84. The molecule has 1 aromatic heterocycles. The van der Waals surface area contributed by atoms with E-state index < -0.39 is 16.5 Å². The minimum atomic E-state index is -2.83. The number of aromatic nitrogens is 1. The van der Waals surface area contributed by atoms with Crippen molar-refractivity contribution in [3.05, 3.63) is 206 Å². The molecule has 8 heteroatoms. The molecular weight excluding hydrogens is 765 g/mol. The zero-order valence-electron chi connectivity index (χ0n) is 29.9. The van der Waals surface area contributed by atoms with Gasteiger partial charge >= 0.3 is 33.3 Å². The average Bonchev–Trinajstić information content (AvgIpc) is 3.62. The summed E-state index contributed by atoms with van der Waals surface area (Å²) in [6.07, 6.45) is 0. The van der Waals surface area contributed by atoms with Crippen LogP contribution in [0.2, 0.25) is 0 Å². The number of nitrogens with zero attached hydrogens (tertiary/aromatic N) is 3. The van der Waals surface area contributed by atoms with Crippen LogP contribution in [-0.4, -0.2) is 32.5 Å². The van der Waals surface area contributed by atoms with Gasteiger partial charge in [0.2, 0.25) is 0 Å². The van der Waals surface area contributed by atoms with Crippen LogP contribution in [0.3, 0.4) is 0 Å². The molecule has 0 radical (unpaired) electrons. The summed E-state index contributed by atoms with van der Waals surface area (Å²) in [5.74, 6) is 0. The van der Waals surface area contributed by atoms with Gasteiger partial charge < -0.3 is 13.9 Å². The Kier molecular flexibility index (Phi) is 13.0. The predicted octanol–water partition coefficient (Wildman–Crippen LogP) is 7.35. The van der Waals surface area contributed by atoms with Crippen LogP contribution in [0.4, 0.5) is 0 Å². The zero-order chi connectivity index (χ0) is 37.1. The summed E-state index contributed by atoms with van der Waals surface area (Å²) in [6, 6.07) is 69.5. The second kappa shape index (κ2) is 18.0. The standard InChI is InChI=1S/C45H41N3Si2.2ClH.Fe/c1-36(46-49(38-22-10-4-11-23-38,39-24-12-5-13-25-39)40-26-14-6-15-27-40)44-34-35-45(48(44)3)37(2)47-50(41-28-16-7-17-29-41,42-30-18-8-19-31-42)43-32-20-9-21-33-43;;;/h4-35H,1-3H3;2*1H;/q;;;+2/p-2/b46-36+,47-37+;;;. The maximum absolute atomic E-state index is 5.84. The van der Waals surface area contributed by atoms with E-state index in [1.807, 2.05) is 0 Å². The Hall–Kier alpha value is -4.53. The first-order valence-electron chi connectivity index (χ1n) is 17.4. The van der Waals surface area contributed by atoms with Gasteiger partial charge in [0.25, 0.3) is 16.5 Å². The second-order valence-electron chi connectivity index (χ2n) is 12.7. The van der Waals surface area contributed by atoms with Crippen LogP contribution in [0.1, 0.15) is 25.2 Å². The van der Waals surface area contributed by atoms with Crippen molar-refractivity contribution in [2.45, 2.75) is 13.8 Å². The SMILES string of the molecule is C/C(=N\[Si](c1ccccc1)(c1ccccc1)c1ccccc1)c1ccc(/C(C)=N/[Si](c2ccccc2)(c2ccccc2)c2ccccc2)n1C.[Cl][Fe][Cl]. The molecule has 7 aromatic rings. The Bertz CT molecular complexity index is 1900. The Morgan fingerprint density at radius 3 is 0.774 bits per heavy atom. The first-order valence-corrected chi connectivity index (χ1v) is 24.4. The molecule has 0 aliphatic carbocycles. The van der Waals surface area contributed by atoms with E-state index in [1.165, 1.54) is 31.1 Å². The Labute approximate surface area is 330 Å². The van der Waals surface area contributed by atoms with Crippen LogP contribution < -0.4 is 31.1 Å². The molecule has 1 heterocycles. The molecule has 0 saturated carbocycles. The normalized spacial score (nSPS) is 12.2. The number of benzene rings is 6. The van der Waals surface area contributed by atoms with Crippen molar-refractivity contribution in [2.75, 3.05) is 0 Å². The van der Waals surface area contributed by atoms with Crippen LogP contribution in [0.5, 0.6) is 0 Å². The molecule has 0 fully saturated rings. The van der Waals surface area contributed by atoms with Gasteiger partial charge in [0.05, 0.1) is 11.4 Å². The molecule has 266 valence electrons. The summed E-state index contributed by atoms with van der Waals surface area (Å²) in [5.41, 5.74) is 4.18. The number of hydrogen-bond donors (Lipinski definition) is 0. The van der Waals surface area contributed by atoms with Gasteiger partial charge in [0.1, 0.15) is 0 Å². The summed E-state index contributed by atoms with van der Waals surface area (Å²) in [4.78, 5) is 0. The van der Waals surface area contributed by atoms with Gasteiger partial charge in [-0.05, 0) is 57.1 Å². The van der Waals surface area contributed by atoms with E-state index in [0.29, 0.717) is 0 Å². The number of hydrogen-bond acceptors (Lipinski definition) is 2.